The van der Waals surface area contributed by atoms with E-state index in [4.69, 9.17) is 72.9 Å². The molecule has 0 aliphatic rings. The summed E-state index contributed by atoms with van der Waals surface area (Å²) in [5.41, 5.74) is 0. The van der Waals surface area contributed by atoms with Crippen LogP contribution in [-0.4, -0.2) is 174 Å². The van der Waals surface area contributed by atoms with Crippen LogP contribution in [0, 0.1) is 0 Å². The molecule has 6 unspecified atom stereocenters. The SMILES string of the molecule is CCCCCCCCCCC(C)N(CC)C(CC(=O)O)C(=O)O.CCCCCCCCCCCCCCC(C)N(CC)C(CC(=O)O)C(=O)O.CCCCCCCCCCCCCCCCC(C)N(CC)C(CC(=O)O)C(=O)O.O=C=O.O=C=O.O=C=O.O=C=O.O=C=O.O=C=O. The second-order valence-electron chi connectivity index (χ2n) is 23.2. The number of likely N-dealkylation sites (N-methyl/N-ethyl adjacent to an activating group) is 3. The lowest BCUT2D eigenvalue weighted by Gasteiger charge is -2.32. The van der Waals surface area contributed by atoms with Crippen molar-refractivity contribution in [1.82, 2.24) is 14.7 Å². The Bertz CT molecular complexity index is 1950. The molecule has 0 bridgehead atoms. The standard InChI is InChI=1S/C24H47NO4.C22H43NO4.C18H35NO4.6CO2/c1-4-6-7-8-9-10-11-12-13-14-15-16-17-18-19-21(3)25(5-2)22(24(28)29)20-23(26)27;1-4-6-7-8-9-10-11-12-13-14-15-16-17-19(3)23(5-2)20(22(26)27)18-21(24)25;1-4-6-7-8-9-10-11-12-13-15(3)19(5-2)16(18(22)23)14-17(20)21;6*2-1-3/h21-22H,4-20H2,1-3H3,(H,26,27)(H,28,29);19-20H,4-18H2,1-3H3,(H,24,25)(H,26,27);15-16H,4-14H2,1-3H3,(H,20,21)(H,22,23);;;;;;. The minimum Gasteiger partial charge on any atom is -0.481 e. The van der Waals surface area contributed by atoms with Crippen molar-refractivity contribution in [3.05, 3.63) is 0 Å². The lowest BCUT2D eigenvalue weighted by molar-refractivity contribution is -0.193. The molecule has 0 spiro atoms. The van der Waals surface area contributed by atoms with Gasteiger partial charge in [0.25, 0.3) is 0 Å². The molecular weight excluding hydrogens is 1270 g/mol. The Balaban J connectivity index is -0.000000152. The molecule has 0 aromatic heterocycles. The van der Waals surface area contributed by atoms with E-state index in [-0.39, 0.29) is 74.3 Å². The van der Waals surface area contributed by atoms with Gasteiger partial charge in [-0.1, -0.05) is 260 Å². The van der Waals surface area contributed by atoms with E-state index in [2.05, 4.69) is 20.8 Å². The Morgan fingerprint density at radius 2 is 0.371 bits per heavy atom. The van der Waals surface area contributed by atoms with Crippen LogP contribution in [0.15, 0.2) is 0 Å². The fraction of sp³-hybridized carbons (Fsp3) is 0.829. The summed E-state index contributed by atoms with van der Waals surface area (Å²) in [7, 11) is 0. The Labute approximate surface area is 577 Å². The van der Waals surface area contributed by atoms with Crippen LogP contribution in [0.3, 0.4) is 0 Å². The van der Waals surface area contributed by atoms with E-state index in [1.807, 2.05) is 51.3 Å². The van der Waals surface area contributed by atoms with Gasteiger partial charge >= 0.3 is 72.7 Å². The van der Waals surface area contributed by atoms with Crippen LogP contribution in [0.5, 0.6) is 0 Å². The minimum absolute atomic E-state index is 0.0952. The molecule has 0 rings (SSSR count). The maximum atomic E-state index is 11.4. The maximum Gasteiger partial charge on any atom is 0.373 e. The number of nitrogens with zero attached hydrogens (tertiary/aromatic N) is 3. The first kappa shape index (κ1) is 109. The van der Waals surface area contributed by atoms with Crippen molar-refractivity contribution in [2.24, 2.45) is 0 Å². The van der Waals surface area contributed by atoms with Crippen LogP contribution in [0.2, 0.25) is 0 Å². The molecule has 564 valence electrons. The highest BCUT2D eigenvalue weighted by molar-refractivity contribution is 5.81. The molecule has 0 saturated carbocycles. The third-order valence-electron chi connectivity index (χ3n) is 15.9. The van der Waals surface area contributed by atoms with E-state index in [0.717, 1.165) is 38.5 Å². The van der Waals surface area contributed by atoms with Gasteiger partial charge in [0.15, 0.2) is 0 Å². The van der Waals surface area contributed by atoms with Gasteiger partial charge in [-0.05, 0) is 59.7 Å². The molecule has 0 aromatic carbocycles. The first-order valence-electron chi connectivity index (χ1n) is 34.9. The van der Waals surface area contributed by atoms with E-state index >= 15 is 0 Å². The topological polar surface area (TPSA) is 438 Å². The number of carbonyl (C=O) groups excluding carboxylic acids is 12. The third-order valence-corrected chi connectivity index (χ3v) is 15.9. The van der Waals surface area contributed by atoms with E-state index in [0.29, 0.717) is 19.6 Å². The van der Waals surface area contributed by atoms with Crippen LogP contribution < -0.4 is 0 Å². The van der Waals surface area contributed by atoms with Gasteiger partial charge in [0.2, 0.25) is 0 Å². The monoisotopic (exact) mass is 1390 g/mol. The average Bonchev–Trinajstić information content (AvgIpc) is 1.23. The highest BCUT2D eigenvalue weighted by Gasteiger charge is 2.32. The molecule has 0 saturated heterocycles. The average molecular weight is 1390 g/mol. The highest BCUT2D eigenvalue weighted by atomic mass is 16.4. The summed E-state index contributed by atoms with van der Waals surface area (Å²) in [6, 6.07) is -2.50. The van der Waals surface area contributed by atoms with Gasteiger partial charge in [-0.25, -0.2) is 0 Å². The van der Waals surface area contributed by atoms with Crippen molar-refractivity contribution < 1.29 is 117 Å². The Kier molecular flexibility index (Phi) is 102. The van der Waals surface area contributed by atoms with Crippen LogP contribution in [0.1, 0.15) is 319 Å². The van der Waals surface area contributed by atoms with Gasteiger partial charge in [0.1, 0.15) is 18.1 Å². The summed E-state index contributed by atoms with van der Waals surface area (Å²) in [4.78, 5) is 170. The zero-order chi connectivity index (χ0) is 76.3. The molecule has 27 nitrogen and oxygen atoms in total. The summed E-state index contributed by atoms with van der Waals surface area (Å²) in [6.45, 7) is 20.1. The van der Waals surface area contributed by atoms with Crippen LogP contribution >= 0.6 is 0 Å². The lowest BCUT2D eigenvalue weighted by Crippen LogP contribution is -2.47. The Morgan fingerprint density at radius 1 is 0.247 bits per heavy atom. The van der Waals surface area contributed by atoms with Crippen molar-refractivity contribution in [3.8, 4) is 0 Å². The molecule has 0 radical (unpaired) electrons. The zero-order valence-corrected chi connectivity index (χ0v) is 60.2. The summed E-state index contributed by atoms with van der Waals surface area (Å²) >= 11 is 0. The minimum atomic E-state index is -1.06. The van der Waals surface area contributed by atoms with E-state index in [9.17, 15) is 44.1 Å². The molecule has 0 heterocycles. The van der Waals surface area contributed by atoms with Crippen molar-refractivity contribution in [2.75, 3.05) is 19.6 Å². The largest absolute Gasteiger partial charge is 0.481 e. The predicted molar refractivity (Wildman–Crippen MR) is 354 cm³/mol. The smallest absolute Gasteiger partial charge is 0.373 e. The summed E-state index contributed by atoms with van der Waals surface area (Å²) in [5.74, 6) is -6.30. The van der Waals surface area contributed by atoms with E-state index in [1.165, 1.54) is 199 Å². The lowest BCUT2D eigenvalue weighted by atomic mass is 10.0. The van der Waals surface area contributed by atoms with Crippen molar-refractivity contribution in [3.63, 3.8) is 0 Å². The first-order chi connectivity index (χ1) is 46.3. The zero-order valence-electron chi connectivity index (χ0n) is 60.2. The van der Waals surface area contributed by atoms with Gasteiger partial charge in [-0.15, -0.1) is 0 Å². The number of hydrogen-bond acceptors (Lipinski definition) is 21. The molecule has 0 fully saturated rings. The second-order valence-corrected chi connectivity index (χ2v) is 23.2. The number of aliphatic carboxylic acids is 6. The number of carboxylic acid groups (broad SMARTS) is 6. The number of unbranched alkanes of at least 4 members (excludes halogenated alkanes) is 31. The van der Waals surface area contributed by atoms with Gasteiger partial charge in [0.05, 0.1) is 19.3 Å². The predicted octanol–water partition coefficient (Wildman–Crippen LogP) is 12.9. The van der Waals surface area contributed by atoms with E-state index in [1.54, 1.807) is 4.90 Å². The fourth-order valence-electron chi connectivity index (χ4n) is 11.0. The van der Waals surface area contributed by atoms with Crippen molar-refractivity contribution >= 4 is 72.7 Å². The van der Waals surface area contributed by atoms with Gasteiger partial charge in [-0.3, -0.25) is 43.5 Å². The maximum absolute atomic E-state index is 11.4. The Morgan fingerprint density at radius 3 is 0.474 bits per heavy atom. The summed E-state index contributed by atoms with van der Waals surface area (Å²) in [6.07, 6.45) is 47.4. The summed E-state index contributed by atoms with van der Waals surface area (Å²) < 4.78 is 0. The molecule has 6 N–H and O–H groups in total. The first-order valence-corrected chi connectivity index (χ1v) is 34.9. The molecule has 27 heteroatoms. The molecule has 0 aromatic rings. The summed E-state index contributed by atoms with van der Waals surface area (Å²) in [5, 5.41) is 54.8. The van der Waals surface area contributed by atoms with E-state index < -0.39 is 53.9 Å². The van der Waals surface area contributed by atoms with Gasteiger partial charge in [0, 0.05) is 18.1 Å². The Hall–Kier alpha value is -7.02. The van der Waals surface area contributed by atoms with Crippen LogP contribution in [-0.2, 0) is 86.3 Å². The molecule has 97 heavy (non-hydrogen) atoms. The van der Waals surface area contributed by atoms with Gasteiger partial charge < -0.3 is 30.6 Å². The molecule has 6 atom stereocenters. The molecular formula is C70H125N3O24. The van der Waals surface area contributed by atoms with Gasteiger partial charge in [-0.2, -0.15) is 57.5 Å². The van der Waals surface area contributed by atoms with Crippen molar-refractivity contribution in [1.29, 1.82) is 0 Å². The quantitative estimate of drug-likeness (QED) is 0.0308. The normalized spacial score (nSPS) is 11.6. The molecule has 0 aliphatic heterocycles. The fourth-order valence-corrected chi connectivity index (χ4v) is 11.0. The molecule has 0 amide bonds. The number of carboxylic acids is 6. The van der Waals surface area contributed by atoms with Crippen LogP contribution in [0.4, 0.5) is 0 Å². The third kappa shape index (κ3) is 89.0. The highest BCUT2D eigenvalue weighted by Crippen LogP contribution is 2.21. The number of hydrogen-bond donors (Lipinski definition) is 6. The molecule has 0 aliphatic carbocycles. The second kappa shape index (κ2) is 91.0. The number of rotatable bonds is 55. The van der Waals surface area contributed by atoms with Crippen LogP contribution in [0.25, 0.3) is 0 Å². The van der Waals surface area contributed by atoms with Crippen molar-refractivity contribution in [2.45, 2.75) is 355 Å². The number of carbonyl (C=O) groups is 6.